The van der Waals surface area contributed by atoms with Crippen LogP contribution in [0.1, 0.15) is 21.8 Å². The Morgan fingerprint density at radius 1 is 0.523 bits per heavy atom. The maximum Gasteiger partial charge on any atom is 0.253 e. The monoisotopic (exact) mass is 626 g/mol. The topological polar surface area (TPSA) is 99.7 Å². The number of fused-ring (bicyclic) bond motifs is 5. The van der Waals surface area contributed by atoms with Crippen LogP contribution < -0.4 is 19.3 Å². The van der Waals surface area contributed by atoms with Crippen LogP contribution in [0.2, 0.25) is 0 Å². The number of carbonyl (C=O) groups is 4. The van der Waals surface area contributed by atoms with Crippen molar-refractivity contribution in [2.45, 2.75) is 24.2 Å². The molecule has 44 heavy (non-hydrogen) atoms. The van der Waals surface area contributed by atoms with Gasteiger partial charge < -0.3 is 9.47 Å². The molecule has 0 spiro atoms. The van der Waals surface area contributed by atoms with E-state index in [4.69, 9.17) is 9.47 Å². The zero-order valence-corrected chi connectivity index (χ0v) is 25.2. The fourth-order valence-corrected chi connectivity index (χ4v) is 9.15. The van der Waals surface area contributed by atoms with Gasteiger partial charge in [-0.2, -0.15) is 0 Å². The van der Waals surface area contributed by atoms with Crippen molar-refractivity contribution in [3.8, 4) is 11.5 Å². The van der Waals surface area contributed by atoms with E-state index in [1.165, 1.54) is 46.7 Å². The van der Waals surface area contributed by atoms with Crippen molar-refractivity contribution in [2.24, 2.45) is 11.8 Å². The van der Waals surface area contributed by atoms with Crippen LogP contribution >= 0.6 is 22.7 Å². The number of nitrogens with zero attached hydrogens (tertiary/aromatic N) is 4. The summed E-state index contributed by atoms with van der Waals surface area (Å²) in [5.74, 6) is -2.34. The molecule has 10 nitrogen and oxygen atoms in total. The van der Waals surface area contributed by atoms with Crippen LogP contribution in [0.15, 0.2) is 83.6 Å². The van der Waals surface area contributed by atoms with Gasteiger partial charge in [0.05, 0.1) is 49.5 Å². The number of rotatable bonds is 6. The van der Waals surface area contributed by atoms with Crippen LogP contribution in [0.4, 0.5) is 11.4 Å². The van der Waals surface area contributed by atoms with Gasteiger partial charge in [0, 0.05) is 9.75 Å². The first kappa shape index (κ1) is 27.2. The number of hydrogen-bond acceptors (Lipinski definition) is 10. The van der Waals surface area contributed by atoms with E-state index in [0.29, 0.717) is 22.9 Å². The van der Waals surface area contributed by atoms with Gasteiger partial charge in [0.15, 0.2) is 0 Å². The second-order valence-electron chi connectivity index (χ2n) is 11.0. The Labute approximate surface area is 260 Å². The molecule has 6 atom stereocenters. The molecule has 4 aliphatic heterocycles. The Bertz CT molecular complexity index is 1680. The first-order chi connectivity index (χ1) is 21.5. The molecule has 2 aromatic heterocycles. The Hall–Kier alpha value is -4.36. The Morgan fingerprint density at radius 2 is 0.932 bits per heavy atom. The fourth-order valence-electron chi connectivity index (χ4n) is 7.42. The predicted molar refractivity (Wildman–Crippen MR) is 163 cm³/mol. The maximum absolute atomic E-state index is 14.5. The third-order valence-corrected chi connectivity index (χ3v) is 10.9. The Morgan fingerprint density at radius 3 is 1.30 bits per heavy atom. The minimum absolute atomic E-state index is 0.364. The lowest BCUT2D eigenvalue weighted by Gasteiger charge is -2.35. The largest absolute Gasteiger partial charge is 0.495 e. The van der Waals surface area contributed by atoms with Gasteiger partial charge in [-0.15, -0.1) is 22.7 Å². The second kappa shape index (κ2) is 10.1. The number of benzene rings is 2. The van der Waals surface area contributed by atoms with Gasteiger partial charge in [-0.25, -0.2) is 19.8 Å². The molecule has 0 radical (unpaired) electrons. The van der Waals surface area contributed by atoms with Crippen LogP contribution in [0.25, 0.3) is 0 Å². The number of ether oxygens (including phenoxy) is 2. The predicted octanol–water partition coefficient (Wildman–Crippen LogP) is 4.27. The van der Waals surface area contributed by atoms with Crippen LogP contribution in [0.3, 0.4) is 0 Å². The second-order valence-corrected chi connectivity index (χ2v) is 12.9. The standard InChI is InChI=1S/C32H26N4O6S2/c1-41-19-11-5-3-9-17(19)33-29(37)23-25(21-13-7-15-43-21)36-28-24(26(22-14-8-16-44-22)35(36)27(23)31(33)39)30(38)34(32(28)40)18-10-4-6-12-20(18)42-2/h3-16,23-28H,1-2H3/t23-,24-,25-,26+,27+,28-/m0/s1. The molecule has 4 saturated heterocycles. The Balaban J connectivity index is 1.31. The molecule has 0 unspecified atom stereocenters. The third kappa shape index (κ3) is 3.53. The van der Waals surface area contributed by atoms with E-state index in [1.54, 1.807) is 48.5 Å². The zero-order chi connectivity index (χ0) is 30.3. The highest BCUT2D eigenvalue weighted by Crippen LogP contribution is 2.61. The van der Waals surface area contributed by atoms with Crippen molar-refractivity contribution < 1.29 is 28.7 Å². The molecule has 222 valence electrons. The minimum Gasteiger partial charge on any atom is -0.495 e. The molecule has 4 fully saturated rings. The molecule has 0 bridgehead atoms. The van der Waals surface area contributed by atoms with Gasteiger partial charge in [0.2, 0.25) is 11.8 Å². The summed E-state index contributed by atoms with van der Waals surface area (Å²) in [6.45, 7) is 0. The van der Waals surface area contributed by atoms with Gasteiger partial charge in [-0.1, -0.05) is 36.4 Å². The van der Waals surface area contributed by atoms with Gasteiger partial charge in [0.25, 0.3) is 11.8 Å². The average molecular weight is 627 g/mol. The zero-order valence-electron chi connectivity index (χ0n) is 23.6. The summed E-state index contributed by atoms with van der Waals surface area (Å²) in [5, 5.41) is 7.58. The van der Waals surface area contributed by atoms with Crippen molar-refractivity contribution in [3.05, 3.63) is 93.3 Å². The summed E-state index contributed by atoms with van der Waals surface area (Å²) in [6.07, 6.45) is 0. The number of methoxy groups -OCH3 is 2. The van der Waals surface area contributed by atoms with E-state index in [2.05, 4.69) is 0 Å². The quantitative estimate of drug-likeness (QED) is 0.293. The number of anilines is 2. The number of imide groups is 2. The molecule has 0 N–H and O–H groups in total. The summed E-state index contributed by atoms with van der Waals surface area (Å²) in [7, 11) is 3.00. The molecule has 4 aliphatic rings. The molecule has 4 amide bonds. The lowest BCUT2D eigenvalue weighted by molar-refractivity contribution is -0.135. The first-order valence-corrected chi connectivity index (χ1v) is 15.9. The fraction of sp³-hybridized carbons (Fsp3) is 0.250. The Kier molecular flexibility index (Phi) is 6.24. The van der Waals surface area contributed by atoms with Crippen LogP contribution in [0.5, 0.6) is 11.5 Å². The summed E-state index contributed by atoms with van der Waals surface area (Å²) in [6, 6.07) is 18.4. The number of hydrazine groups is 1. The molecule has 0 saturated carbocycles. The maximum atomic E-state index is 14.5. The molecule has 12 heteroatoms. The molecular weight excluding hydrogens is 601 g/mol. The van der Waals surface area contributed by atoms with E-state index >= 15 is 0 Å². The molecule has 2 aromatic carbocycles. The van der Waals surface area contributed by atoms with Crippen LogP contribution in [-0.4, -0.2) is 59.9 Å². The van der Waals surface area contributed by atoms with Crippen molar-refractivity contribution >= 4 is 57.7 Å². The first-order valence-electron chi connectivity index (χ1n) is 14.1. The van der Waals surface area contributed by atoms with Crippen LogP contribution in [-0.2, 0) is 19.2 Å². The highest BCUT2D eigenvalue weighted by atomic mass is 32.1. The number of hydrogen-bond donors (Lipinski definition) is 0. The minimum atomic E-state index is -0.919. The lowest BCUT2D eigenvalue weighted by atomic mass is 9.88. The van der Waals surface area contributed by atoms with Crippen molar-refractivity contribution in [3.63, 3.8) is 0 Å². The van der Waals surface area contributed by atoms with E-state index in [-0.39, 0.29) is 11.8 Å². The highest BCUT2D eigenvalue weighted by molar-refractivity contribution is 7.10. The van der Waals surface area contributed by atoms with Gasteiger partial charge >= 0.3 is 0 Å². The van der Waals surface area contributed by atoms with E-state index in [0.717, 1.165) is 9.75 Å². The van der Waals surface area contributed by atoms with Crippen LogP contribution in [0, 0.1) is 11.8 Å². The van der Waals surface area contributed by atoms with Gasteiger partial charge in [-0.05, 0) is 47.2 Å². The molecule has 6 heterocycles. The van der Waals surface area contributed by atoms with E-state index < -0.39 is 47.8 Å². The highest BCUT2D eigenvalue weighted by Gasteiger charge is 2.74. The number of carbonyl (C=O) groups excluding carboxylic acids is 4. The van der Waals surface area contributed by atoms with Crippen molar-refractivity contribution in [1.82, 2.24) is 10.0 Å². The van der Waals surface area contributed by atoms with E-state index in [1.807, 2.05) is 45.0 Å². The van der Waals surface area contributed by atoms with E-state index in [9.17, 15) is 19.2 Å². The molecule has 4 aromatic rings. The normalized spacial score (nSPS) is 28.1. The van der Waals surface area contributed by atoms with Crippen molar-refractivity contribution in [2.75, 3.05) is 24.0 Å². The van der Waals surface area contributed by atoms with Gasteiger partial charge in [-0.3, -0.25) is 19.2 Å². The SMILES string of the molecule is COc1ccccc1N1C(=O)[C@@H]2[C@@H](C1=O)N1[C@@H](c3cccs3)[C@@H]3C(=O)N(c4ccccc4OC)C(=O)[C@@H]3N1[C@@H]2c1cccs1. The summed E-state index contributed by atoms with van der Waals surface area (Å²) in [4.78, 5) is 61.9. The summed E-state index contributed by atoms with van der Waals surface area (Å²) < 4.78 is 11.1. The third-order valence-electron chi connectivity index (χ3n) is 9.05. The molecule has 8 rings (SSSR count). The summed E-state index contributed by atoms with van der Waals surface area (Å²) >= 11 is 2.92. The number of para-hydroxylation sites is 4. The lowest BCUT2D eigenvalue weighted by Crippen LogP contribution is -2.50. The molecular formula is C32H26N4O6S2. The smallest absolute Gasteiger partial charge is 0.253 e. The average Bonchev–Trinajstić information content (AvgIpc) is 3.88. The van der Waals surface area contributed by atoms with Crippen molar-refractivity contribution in [1.29, 1.82) is 0 Å². The number of thiophene rings is 2. The number of amides is 4. The summed E-state index contributed by atoms with van der Waals surface area (Å²) in [5.41, 5.74) is 0.745. The molecule has 0 aliphatic carbocycles. The van der Waals surface area contributed by atoms with Gasteiger partial charge in [0.1, 0.15) is 23.6 Å².